The molecule has 6 heteroatoms. The lowest BCUT2D eigenvalue weighted by Crippen LogP contribution is -2.32. The molecule has 1 saturated heterocycles. The summed E-state index contributed by atoms with van der Waals surface area (Å²) >= 11 is 6.31. The maximum absolute atomic E-state index is 12.3. The van der Waals surface area contributed by atoms with Crippen LogP contribution in [0.5, 0.6) is 0 Å². The van der Waals surface area contributed by atoms with Crippen molar-refractivity contribution in [3.8, 4) is 11.1 Å². The number of carbonyl (C=O) groups excluding carboxylic acids is 1. The van der Waals surface area contributed by atoms with Crippen molar-refractivity contribution in [2.75, 3.05) is 6.54 Å². The van der Waals surface area contributed by atoms with E-state index in [1.165, 1.54) is 0 Å². The van der Waals surface area contributed by atoms with Crippen molar-refractivity contribution in [2.45, 2.75) is 57.1 Å². The molecule has 32 heavy (non-hydrogen) atoms. The quantitative estimate of drug-likeness (QED) is 0.340. The van der Waals surface area contributed by atoms with E-state index in [2.05, 4.69) is 0 Å². The van der Waals surface area contributed by atoms with Crippen LogP contribution in [0.4, 0.5) is 0 Å². The predicted octanol–water partition coefficient (Wildman–Crippen LogP) is 5.62. The third kappa shape index (κ3) is 6.68. The summed E-state index contributed by atoms with van der Waals surface area (Å²) in [4.78, 5) is 24.7. The summed E-state index contributed by atoms with van der Waals surface area (Å²) in [5.41, 5.74) is 2.64. The van der Waals surface area contributed by atoms with Gasteiger partial charge in [0.05, 0.1) is 12.1 Å². The highest BCUT2D eigenvalue weighted by Gasteiger charge is 2.28. The molecule has 2 N–H and O–H groups in total. The molecule has 1 unspecified atom stereocenters. The fourth-order valence-electron chi connectivity index (χ4n) is 4.09. The molecule has 2 atom stereocenters. The number of nitrogens with zero attached hydrogens (tertiary/aromatic N) is 1. The van der Waals surface area contributed by atoms with E-state index in [0.717, 1.165) is 42.4 Å². The van der Waals surface area contributed by atoms with Gasteiger partial charge in [0.2, 0.25) is 5.91 Å². The lowest BCUT2D eigenvalue weighted by Gasteiger charge is -2.22. The van der Waals surface area contributed by atoms with Crippen molar-refractivity contribution in [3.63, 3.8) is 0 Å². The first-order valence-electron chi connectivity index (χ1n) is 11.2. The van der Waals surface area contributed by atoms with Gasteiger partial charge in [-0.05, 0) is 42.5 Å². The van der Waals surface area contributed by atoms with Crippen LogP contribution in [0.3, 0.4) is 0 Å². The van der Waals surface area contributed by atoms with E-state index in [4.69, 9.17) is 16.7 Å². The van der Waals surface area contributed by atoms with Crippen molar-refractivity contribution < 1.29 is 19.8 Å². The number of carbonyl (C=O) groups is 2. The summed E-state index contributed by atoms with van der Waals surface area (Å²) < 4.78 is 0. The van der Waals surface area contributed by atoms with Crippen LogP contribution in [0.1, 0.15) is 56.6 Å². The van der Waals surface area contributed by atoms with Crippen LogP contribution in [-0.2, 0) is 9.59 Å². The molecule has 2 aromatic carbocycles. The minimum atomic E-state index is -0.772. The van der Waals surface area contributed by atoms with Gasteiger partial charge in [-0.3, -0.25) is 9.59 Å². The van der Waals surface area contributed by atoms with Gasteiger partial charge in [0.25, 0.3) is 0 Å². The Morgan fingerprint density at radius 1 is 1.12 bits per heavy atom. The van der Waals surface area contributed by atoms with Crippen LogP contribution < -0.4 is 0 Å². The van der Waals surface area contributed by atoms with E-state index in [1.807, 2.05) is 59.5 Å². The van der Waals surface area contributed by atoms with E-state index in [9.17, 15) is 14.7 Å². The topological polar surface area (TPSA) is 77.8 Å². The third-order valence-corrected chi connectivity index (χ3v) is 6.17. The van der Waals surface area contributed by atoms with Gasteiger partial charge in [0, 0.05) is 30.0 Å². The van der Waals surface area contributed by atoms with Crippen LogP contribution in [0.25, 0.3) is 11.1 Å². The van der Waals surface area contributed by atoms with Crippen molar-refractivity contribution in [2.24, 2.45) is 0 Å². The molecule has 0 bridgehead atoms. The van der Waals surface area contributed by atoms with Gasteiger partial charge in [0.1, 0.15) is 0 Å². The smallest absolute Gasteiger partial charge is 0.303 e. The largest absolute Gasteiger partial charge is 0.481 e. The highest BCUT2D eigenvalue weighted by molar-refractivity contribution is 6.33. The number of aliphatic hydroxyl groups excluding tert-OH is 1. The Morgan fingerprint density at radius 3 is 2.69 bits per heavy atom. The Hall–Kier alpha value is -2.63. The summed E-state index contributed by atoms with van der Waals surface area (Å²) in [6.45, 7) is 0.666. The highest BCUT2D eigenvalue weighted by atomic mass is 35.5. The number of rotatable bonds is 11. The molecule has 2 aromatic rings. The predicted molar refractivity (Wildman–Crippen MR) is 126 cm³/mol. The second-order valence-corrected chi connectivity index (χ2v) is 8.59. The normalized spacial score (nSPS) is 17.2. The van der Waals surface area contributed by atoms with E-state index in [0.29, 0.717) is 24.4 Å². The maximum atomic E-state index is 12.3. The number of benzene rings is 2. The number of carboxylic acid groups (broad SMARTS) is 1. The lowest BCUT2D eigenvalue weighted by molar-refractivity contribution is -0.137. The molecule has 170 valence electrons. The van der Waals surface area contributed by atoms with Gasteiger partial charge in [-0.15, -0.1) is 0 Å². The van der Waals surface area contributed by atoms with Crippen LogP contribution in [0, 0.1) is 0 Å². The number of hydrogen-bond acceptors (Lipinski definition) is 3. The lowest BCUT2D eigenvalue weighted by atomic mass is 10.00. The van der Waals surface area contributed by atoms with Crippen LogP contribution in [0.15, 0.2) is 60.7 Å². The van der Waals surface area contributed by atoms with Crippen molar-refractivity contribution in [1.29, 1.82) is 0 Å². The third-order valence-electron chi connectivity index (χ3n) is 5.84. The molecule has 0 aliphatic carbocycles. The fourth-order valence-corrected chi connectivity index (χ4v) is 4.33. The standard InChI is InChI=1S/C26H30ClNO4/c27-23-11-5-4-10-22(23)19-8-7-9-20(18-19)24(29)15-13-21-14-16-25(30)28(21)17-6-2-1-3-12-26(31)32/h4-5,7-11,13,15,18,21,24,29H,1-3,6,12,14,16-17H2,(H,31,32)/b15-13+/t21?,24-/m1/s1. The van der Waals surface area contributed by atoms with E-state index in [-0.39, 0.29) is 18.4 Å². The summed E-state index contributed by atoms with van der Waals surface area (Å²) in [6.07, 6.45) is 7.68. The first-order chi connectivity index (χ1) is 15.5. The first-order valence-corrected chi connectivity index (χ1v) is 11.6. The number of aliphatic carboxylic acids is 1. The maximum Gasteiger partial charge on any atom is 0.303 e. The van der Waals surface area contributed by atoms with Crippen molar-refractivity contribution in [3.05, 3.63) is 71.3 Å². The zero-order valence-corrected chi connectivity index (χ0v) is 18.9. The Labute approximate surface area is 194 Å². The monoisotopic (exact) mass is 455 g/mol. The minimum absolute atomic E-state index is 0.0112. The van der Waals surface area contributed by atoms with Crippen molar-refractivity contribution >= 4 is 23.5 Å². The number of aliphatic hydroxyl groups is 1. The molecule has 3 rings (SSSR count). The van der Waals surface area contributed by atoms with Crippen LogP contribution >= 0.6 is 11.6 Å². The first kappa shape index (κ1) is 24.0. The van der Waals surface area contributed by atoms with Gasteiger partial charge in [-0.2, -0.15) is 0 Å². The molecule has 1 aliphatic heterocycles. The number of carboxylic acids is 1. The van der Waals surface area contributed by atoms with Gasteiger partial charge >= 0.3 is 5.97 Å². The zero-order chi connectivity index (χ0) is 22.9. The van der Waals surface area contributed by atoms with Gasteiger partial charge in [-0.1, -0.05) is 73.0 Å². The fraction of sp³-hybridized carbons (Fsp3) is 0.385. The Morgan fingerprint density at radius 2 is 1.91 bits per heavy atom. The van der Waals surface area contributed by atoms with E-state index in [1.54, 1.807) is 6.08 Å². The molecular weight excluding hydrogens is 426 g/mol. The average molecular weight is 456 g/mol. The molecule has 1 fully saturated rings. The average Bonchev–Trinajstić information content (AvgIpc) is 3.14. The molecule has 1 aliphatic rings. The summed E-state index contributed by atoms with van der Waals surface area (Å²) in [7, 11) is 0. The number of hydrogen-bond donors (Lipinski definition) is 2. The van der Waals surface area contributed by atoms with E-state index < -0.39 is 12.1 Å². The Kier molecular flexibility index (Phi) is 8.89. The molecule has 0 aromatic heterocycles. The minimum Gasteiger partial charge on any atom is -0.481 e. The summed E-state index contributed by atoms with van der Waals surface area (Å²) in [6, 6.07) is 15.3. The molecule has 1 heterocycles. The number of halogens is 1. The number of amides is 1. The van der Waals surface area contributed by atoms with Gasteiger partial charge in [0.15, 0.2) is 0 Å². The van der Waals surface area contributed by atoms with Gasteiger partial charge in [-0.25, -0.2) is 0 Å². The number of unbranched alkanes of at least 4 members (excludes halogenated alkanes) is 3. The second-order valence-electron chi connectivity index (χ2n) is 8.19. The molecule has 0 radical (unpaired) electrons. The Bertz CT molecular complexity index is 958. The molecule has 1 amide bonds. The van der Waals surface area contributed by atoms with Crippen LogP contribution in [0.2, 0.25) is 5.02 Å². The van der Waals surface area contributed by atoms with Crippen molar-refractivity contribution in [1.82, 2.24) is 4.90 Å². The second kappa shape index (κ2) is 11.8. The van der Waals surface area contributed by atoms with Crippen LogP contribution in [-0.4, -0.2) is 39.6 Å². The zero-order valence-electron chi connectivity index (χ0n) is 18.1. The summed E-state index contributed by atoms with van der Waals surface area (Å²) in [5.74, 6) is -0.624. The SMILES string of the molecule is O=C(O)CCCCCCN1C(=O)CCC1/C=C/[C@@H](O)c1cccc(-c2ccccc2Cl)c1. The number of likely N-dealkylation sites (tertiary alicyclic amines) is 1. The van der Waals surface area contributed by atoms with E-state index >= 15 is 0 Å². The highest BCUT2D eigenvalue weighted by Crippen LogP contribution is 2.30. The Balaban J connectivity index is 1.57. The molecule has 5 nitrogen and oxygen atoms in total. The van der Waals surface area contributed by atoms with Gasteiger partial charge < -0.3 is 15.1 Å². The molecule has 0 saturated carbocycles. The summed E-state index contributed by atoms with van der Waals surface area (Å²) in [5, 5.41) is 20.1. The molecular formula is C26H30ClNO4. The molecule has 0 spiro atoms.